The van der Waals surface area contributed by atoms with E-state index < -0.39 is 0 Å². The maximum atomic E-state index is 6.07. The number of hydrogen-bond acceptors (Lipinski definition) is 1. The van der Waals surface area contributed by atoms with Gasteiger partial charge in [0.05, 0.1) is 14.3 Å². The molecule has 0 aliphatic carbocycles. The topological polar surface area (TPSA) is 9.23 Å². The SMILES string of the molecule is Ic1cccc(I)c1Oc1c(I)cccc1I. The fraction of sp³-hybridized carbons (Fsp3) is 0. The van der Waals surface area contributed by atoms with Gasteiger partial charge in [-0.15, -0.1) is 0 Å². The molecule has 0 amide bonds. The van der Waals surface area contributed by atoms with Gasteiger partial charge in [0.1, 0.15) is 0 Å². The van der Waals surface area contributed by atoms with Crippen LogP contribution >= 0.6 is 90.4 Å². The summed E-state index contributed by atoms with van der Waals surface area (Å²) >= 11 is 9.21. The van der Waals surface area contributed by atoms with E-state index in [2.05, 4.69) is 115 Å². The summed E-state index contributed by atoms with van der Waals surface area (Å²) in [5, 5.41) is 0. The van der Waals surface area contributed by atoms with E-state index in [1.54, 1.807) is 0 Å². The molecule has 2 rings (SSSR count). The lowest BCUT2D eigenvalue weighted by Gasteiger charge is -2.12. The van der Waals surface area contributed by atoms with Gasteiger partial charge in [-0.25, -0.2) is 0 Å². The normalized spacial score (nSPS) is 10.4. The van der Waals surface area contributed by atoms with Gasteiger partial charge in [-0.2, -0.15) is 0 Å². The molecule has 0 saturated carbocycles. The van der Waals surface area contributed by atoms with Crippen molar-refractivity contribution in [2.45, 2.75) is 0 Å². The van der Waals surface area contributed by atoms with Gasteiger partial charge in [-0.05, 0) is 115 Å². The molecule has 0 fully saturated rings. The molecular weight excluding hydrogens is 668 g/mol. The molecule has 88 valence electrons. The van der Waals surface area contributed by atoms with Gasteiger partial charge in [-0.3, -0.25) is 0 Å². The Morgan fingerprint density at radius 3 is 1.18 bits per heavy atom. The molecule has 2 aromatic carbocycles. The van der Waals surface area contributed by atoms with E-state index in [1.807, 2.05) is 12.1 Å². The van der Waals surface area contributed by atoms with Crippen molar-refractivity contribution >= 4 is 90.4 Å². The zero-order chi connectivity index (χ0) is 12.4. The summed E-state index contributed by atoms with van der Waals surface area (Å²) in [4.78, 5) is 0. The second kappa shape index (κ2) is 6.55. The van der Waals surface area contributed by atoms with E-state index in [1.165, 1.54) is 0 Å². The lowest BCUT2D eigenvalue weighted by atomic mass is 10.3. The van der Waals surface area contributed by atoms with Crippen molar-refractivity contribution in [2.75, 3.05) is 0 Å². The van der Waals surface area contributed by atoms with Gasteiger partial charge >= 0.3 is 0 Å². The van der Waals surface area contributed by atoms with Crippen LogP contribution in [0.4, 0.5) is 0 Å². The third kappa shape index (κ3) is 3.59. The number of halogens is 4. The van der Waals surface area contributed by atoms with Crippen LogP contribution in [-0.4, -0.2) is 0 Å². The molecule has 0 spiro atoms. The quantitative estimate of drug-likeness (QED) is 0.361. The Kier molecular flexibility index (Phi) is 5.61. The molecule has 2 aromatic rings. The lowest BCUT2D eigenvalue weighted by molar-refractivity contribution is 0.469. The Morgan fingerprint density at radius 1 is 0.588 bits per heavy atom. The van der Waals surface area contributed by atoms with Gasteiger partial charge in [0.25, 0.3) is 0 Å². The smallest absolute Gasteiger partial charge is 0.154 e. The molecule has 0 unspecified atom stereocenters. The van der Waals surface area contributed by atoms with Crippen LogP contribution in [-0.2, 0) is 0 Å². The van der Waals surface area contributed by atoms with Gasteiger partial charge in [0.15, 0.2) is 11.5 Å². The zero-order valence-corrected chi connectivity index (χ0v) is 17.0. The number of ether oxygens (including phenoxy) is 1. The Morgan fingerprint density at radius 2 is 0.882 bits per heavy atom. The molecule has 0 heterocycles. The minimum Gasteiger partial charge on any atom is -0.453 e. The second-order valence-electron chi connectivity index (χ2n) is 3.20. The van der Waals surface area contributed by atoms with Crippen LogP contribution < -0.4 is 4.74 Å². The summed E-state index contributed by atoms with van der Waals surface area (Å²) < 4.78 is 10.6. The van der Waals surface area contributed by atoms with Gasteiger partial charge in [-0.1, -0.05) is 12.1 Å². The Balaban J connectivity index is 2.45. The van der Waals surface area contributed by atoms with E-state index in [0.29, 0.717) is 0 Å². The van der Waals surface area contributed by atoms with E-state index in [9.17, 15) is 0 Å². The summed E-state index contributed by atoms with van der Waals surface area (Å²) in [7, 11) is 0. The maximum Gasteiger partial charge on any atom is 0.154 e. The van der Waals surface area contributed by atoms with Crippen molar-refractivity contribution in [1.82, 2.24) is 0 Å². The third-order valence-corrected chi connectivity index (χ3v) is 5.44. The largest absolute Gasteiger partial charge is 0.453 e. The highest BCUT2D eigenvalue weighted by Crippen LogP contribution is 2.36. The molecule has 5 heteroatoms. The molecule has 0 bridgehead atoms. The molecule has 0 aromatic heterocycles. The minimum absolute atomic E-state index is 0.940. The van der Waals surface area contributed by atoms with Crippen molar-refractivity contribution in [3.8, 4) is 11.5 Å². The zero-order valence-electron chi connectivity index (χ0n) is 8.38. The molecule has 0 atom stereocenters. The minimum atomic E-state index is 0.940. The number of para-hydroxylation sites is 2. The highest BCUT2D eigenvalue weighted by molar-refractivity contribution is 14.1. The summed E-state index contributed by atoms with van der Waals surface area (Å²) in [6, 6.07) is 12.3. The molecule has 17 heavy (non-hydrogen) atoms. The highest BCUT2D eigenvalue weighted by atomic mass is 127. The van der Waals surface area contributed by atoms with Crippen LogP contribution in [0.15, 0.2) is 36.4 Å². The average Bonchev–Trinajstić information content (AvgIpc) is 2.27. The standard InChI is InChI=1S/C12H6I4O/c13-7-3-1-4-8(14)11(7)17-12-9(15)5-2-6-10(12)16/h1-6H. The Hall–Kier alpha value is 1.16. The van der Waals surface area contributed by atoms with Crippen molar-refractivity contribution < 1.29 is 4.74 Å². The van der Waals surface area contributed by atoms with E-state index in [0.717, 1.165) is 25.8 Å². The van der Waals surface area contributed by atoms with Crippen molar-refractivity contribution in [2.24, 2.45) is 0 Å². The second-order valence-corrected chi connectivity index (χ2v) is 7.85. The highest BCUT2D eigenvalue weighted by Gasteiger charge is 2.11. The van der Waals surface area contributed by atoms with Crippen LogP contribution in [0.2, 0.25) is 0 Å². The molecule has 0 saturated heterocycles. The Bertz CT molecular complexity index is 464. The van der Waals surface area contributed by atoms with Crippen LogP contribution in [0, 0.1) is 14.3 Å². The van der Waals surface area contributed by atoms with Crippen LogP contribution in [0.1, 0.15) is 0 Å². The molecule has 0 aliphatic heterocycles. The van der Waals surface area contributed by atoms with Crippen LogP contribution in [0.5, 0.6) is 11.5 Å². The molecule has 0 radical (unpaired) electrons. The first-order valence-electron chi connectivity index (χ1n) is 4.65. The molecule has 0 aliphatic rings. The van der Waals surface area contributed by atoms with Crippen molar-refractivity contribution in [1.29, 1.82) is 0 Å². The van der Waals surface area contributed by atoms with Crippen molar-refractivity contribution in [3.05, 3.63) is 50.7 Å². The fourth-order valence-electron chi connectivity index (χ4n) is 1.26. The van der Waals surface area contributed by atoms with E-state index in [4.69, 9.17) is 4.74 Å². The van der Waals surface area contributed by atoms with Crippen LogP contribution in [0.3, 0.4) is 0 Å². The van der Waals surface area contributed by atoms with Gasteiger partial charge < -0.3 is 4.74 Å². The first kappa shape index (κ1) is 14.6. The molecule has 1 nitrogen and oxygen atoms in total. The summed E-state index contributed by atoms with van der Waals surface area (Å²) in [5.74, 6) is 1.88. The third-order valence-electron chi connectivity index (χ3n) is 2.04. The summed E-state index contributed by atoms with van der Waals surface area (Å²) in [6.07, 6.45) is 0. The molecule has 0 N–H and O–H groups in total. The first-order chi connectivity index (χ1) is 8.09. The number of benzene rings is 2. The average molecular weight is 674 g/mol. The van der Waals surface area contributed by atoms with Crippen molar-refractivity contribution in [3.63, 3.8) is 0 Å². The fourth-order valence-corrected chi connectivity index (χ4v) is 4.73. The van der Waals surface area contributed by atoms with Gasteiger partial charge in [0.2, 0.25) is 0 Å². The summed E-state index contributed by atoms with van der Waals surface area (Å²) in [6.45, 7) is 0. The Labute approximate surface area is 155 Å². The maximum absolute atomic E-state index is 6.07. The number of hydrogen-bond donors (Lipinski definition) is 0. The lowest BCUT2D eigenvalue weighted by Crippen LogP contribution is -1.94. The monoisotopic (exact) mass is 674 g/mol. The predicted octanol–water partition coefficient (Wildman–Crippen LogP) is 5.90. The van der Waals surface area contributed by atoms with Crippen LogP contribution in [0.25, 0.3) is 0 Å². The van der Waals surface area contributed by atoms with Gasteiger partial charge in [0, 0.05) is 0 Å². The van der Waals surface area contributed by atoms with E-state index in [-0.39, 0.29) is 0 Å². The molecular formula is C12H6I4O. The summed E-state index contributed by atoms with van der Waals surface area (Å²) in [5.41, 5.74) is 0. The predicted molar refractivity (Wildman–Crippen MR) is 104 cm³/mol. The first-order valence-corrected chi connectivity index (χ1v) is 8.97. The van der Waals surface area contributed by atoms with E-state index >= 15 is 0 Å². The number of rotatable bonds is 2.